The molecule has 1 rings (SSSR count). The molecule has 0 spiro atoms. The molecule has 70 valence electrons. The Kier molecular flexibility index (Phi) is 3.03. The van der Waals surface area contributed by atoms with E-state index in [9.17, 15) is 9.18 Å². The van der Waals surface area contributed by atoms with Gasteiger partial charge in [-0.05, 0) is 34.5 Å². The highest BCUT2D eigenvalue weighted by Crippen LogP contribution is 2.32. The summed E-state index contributed by atoms with van der Waals surface area (Å²) in [7, 11) is 1.36. The van der Waals surface area contributed by atoms with Crippen LogP contribution in [-0.2, 0) is 0 Å². The number of carbonyl (C=O) groups is 1. The van der Waals surface area contributed by atoms with E-state index in [2.05, 4.69) is 15.9 Å². The maximum Gasteiger partial charge on any atom is 0.176 e. The Bertz CT molecular complexity index is 350. The third kappa shape index (κ3) is 1.72. The second kappa shape index (κ2) is 3.87. The van der Waals surface area contributed by atoms with Crippen LogP contribution in [0, 0.1) is 12.7 Å². The number of rotatable bonds is 2. The summed E-state index contributed by atoms with van der Waals surface area (Å²) in [4.78, 5) is 10.4. The minimum absolute atomic E-state index is 0.0116. The Labute approximate surface area is 83.8 Å². The van der Waals surface area contributed by atoms with Crippen LogP contribution in [0.4, 0.5) is 4.39 Å². The van der Waals surface area contributed by atoms with E-state index in [1.165, 1.54) is 13.2 Å². The molecule has 0 saturated heterocycles. The smallest absolute Gasteiger partial charge is 0.176 e. The Balaban J connectivity index is 3.47. The van der Waals surface area contributed by atoms with E-state index in [4.69, 9.17) is 4.74 Å². The first-order valence-corrected chi connectivity index (χ1v) is 4.39. The molecule has 0 atom stereocenters. The molecule has 0 aliphatic carbocycles. The monoisotopic (exact) mass is 246 g/mol. The van der Waals surface area contributed by atoms with E-state index < -0.39 is 5.82 Å². The van der Waals surface area contributed by atoms with Gasteiger partial charge in [0.05, 0.1) is 17.1 Å². The highest BCUT2D eigenvalue weighted by atomic mass is 79.9. The first kappa shape index (κ1) is 10.2. The van der Waals surface area contributed by atoms with Crippen LogP contribution in [0.2, 0.25) is 0 Å². The van der Waals surface area contributed by atoms with Crippen LogP contribution in [-0.4, -0.2) is 13.4 Å². The number of ether oxygens (including phenoxy) is 1. The van der Waals surface area contributed by atoms with Gasteiger partial charge in [0.25, 0.3) is 0 Å². The topological polar surface area (TPSA) is 26.3 Å². The fraction of sp³-hybridized carbons (Fsp3) is 0.222. The summed E-state index contributed by atoms with van der Waals surface area (Å²) in [6, 6.07) is 1.47. The zero-order valence-corrected chi connectivity index (χ0v) is 8.81. The van der Waals surface area contributed by atoms with Crippen molar-refractivity contribution in [3.8, 4) is 5.75 Å². The molecule has 0 N–H and O–H groups in total. The van der Waals surface area contributed by atoms with Crippen LogP contribution in [0.15, 0.2) is 10.5 Å². The average Bonchev–Trinajstić information content (AvgIpc) is 2.12. The summed E-state index contributed by atoms with van der Waals surface area (Å²) in [6.07, 6.45) is 0.470. The Morgan fingerprint density at radius 1 is 1.62 bits per heavy atom. The molecule has 1 aromatic rings. The van der Waals surface area contributed by atoms with Gasteiger partial charge in [-0.25, -0.2) is 4.39 Å². The zero-order chi connectivity index (χ0) is 10.0. The van der Waals surface area contributed by atoms with Crippen LogP contribution in [0.1, 0.15) is 15.9 Å². The van der Waals surface area contributed by atoms with E-state index >= 15 is 0 Å². The van der Waals surface area contributed by atoms with Gasteiger partial charge in [0.15, 0.2) is 17.9 Å². The lowest BCUT2D eigenvalue weighted by Gasteiger charge is -2.08. The lowest BCUT2D eigenvalue weighted by atomic mass is 10.1. The van der Waals surface area contributed by atoms with Gasteiger partial charge in [0.1, 0.15) is 0 Å². The molecule has 4 heteroatoms. The van der Waals surface area contributed by atoms with Gasteiger partial charge in [-0.15, -0.1) is 0 Å². The largest absolute Gasteiger partial charge is 0.492 e. The molecule has 0 radical (unpaired) electrons. The van der Waals surface area contributed by atoms with E-state index in [1.54, 1.807) is 6.92 Å². The highest BCUT2D eigenvalue weighted by Gasteiger charge is 2.14. The van der Waals surface area contributed by atoms with Crippen molar-refractivity contribution in [3.63, 3.8) is 0 Å². The molecule has 0 bridgehead atoms. The summed E-state index contributed by atoms with van der Waals surface area (Å²) in [5, 5.41) is 0. The second-order valence-electron chi connectivity index (χ2n) is 2.56. The van der Waals surface area contributed by atoms with E-state index in [0.717, 1.165) is 5.56 Å². The van der Waals surface area contributed by atoms with Gasteiger partial charge in [0.2, 0.25) is 0 Å². The summed E-state index contributed by atoms with van der Waals surface area (Å²) in [5.41, 5.74) is 0.776. The second-order valence-corrected chi connectivity index (χ2v) is 3.35. The highest BCUT2D eigenvalue weighted by molar-refractivity contribution is 9.10. The maximum atomic E-state index is 13.3. The lowest BCUT2D eigenvalue weighted by molar-refractivity contribution is 0.111. The quantitative estimate of drug-likeness (QED) is 0.751. The molecule has 0 aliphatic rings. The molecule has 0 amide bonds. The van der Waals surface area contributed by atoms with Crippen molar-refractivity contribution in [2.75, 3.05) is 7.11 Å². The van der Waals surface area contributed by atoms with Crippen molar-refractivity contribution >= 4 is 22.2 Å². The van der Waals surface area contributed by atoms with Gasteiger partial charge in [-0.3, -0.25) is 4.79 Å². The van der Waals surface area contributed by atoms with Gasteiger partial charge in [-0.1, -0.05) is 0 Å². The minimum Gasteiger partial charge on any atom is -0.492 e. The normalized spacial score (nSPS) is 9.85. The zero-order valence-electron chi connectivity index (χ0n) is 7.23. The van der Waals surface area contributed by atoms with Crippen LogP contribution in [0.25, 0.3) is 0 Å². The fourth-order valence-electron chi connectivity index (χ4n) is 1.03. The first-order chi connectivity index (χ1) is 6.11. The van der Waals surface area contributed by atoms with Gasteiger partial charge >= 0.3 is 0 Å². The number of hydrogen-bond donors (Lipinski definition) is 0. The summed E-state index contributed by atoms with van der Waals surface area (Å²) >= 11 is 3.17. The molecule has 0 saturated carbocycles. The number of hydrogen-bond acceptors (Lipinski definition) is 2. The van der Waals surface area contributed by atoms with Crippen LogP contribution in [0.3, 0.4) is 0 Å². The molecule has 1 aromatic carbocycles. The van der Waals surface area contributed by atoms with Crippen LogP contribution >= 0.6 is 15.9 Å². The van der Waals surface area contributed by atoms with Crippen molar-refractivity contribution in [2.24, 2.45) is 0 Å². The van der Waals surface area contributed by atoms with Crippen LogP contribution in [0.5, 0.6) is 5.75 Å². The molecular weight excluding hydrogens is 239 g/mol. The number of methoxy groups -OCH3 is 1. The minimum atomic E-state index is -0.630. The van der Waals surface area contributed by atoms with E-state index in [1.807, 2.05) is 0 Å². The predicted molar refractivity (Wildman–Crippen MR) is 50.8 cm³/mol. The Morgan fingerprint density at radius 2 is 2.23 bits per heavy atom. The van der Waals surface area contributed by atoms with Crippen molar-refractivity contribution in [1.82, 2.24) is 0 Å². The molecule has 0 aliphatic heterocycles. The number of aryl methyl sites for hydroxylation is 1. The third-order valence-electron chi connectivity index (χ3n) is 1.70. The van der Waals surface area contributed by atoms with Gasteiger partial charge in [-0.2, -0.15) is 0 Å². The molecule has 2 nitrogen and oxygen atoms in total. The molecule has 13 heavy (non-hydrogen) atoms. The summed E-state index contributed by atoms with van der Waals surface area (Å²) in [5.74, 6) is -0.558. The van der Waals surface area contributed by atoms with Crippen molar-refractivity contribution in [2.45, 2.75) is 6.92 Å². The van der Waals surface area contributed by atoms with Gasteiger partial charge < -0.3 is 4.74 Å². The van der Waals surface area contributed by atoms with Crippen molar-refractivity contribution in [3.05, 3.63) is 27.5 Å². The summed E-state index contributed by atoms with van der Waals surface area (Å²) < 4.78 is 18.7. The van der Waals surface area contributed by atoms with E-state index in [0.29, 0.717) is 10.8 Å². The Hall–Kier alpha value is -0.900. The SMILES string of the molecule is COc1c(F)c(C=O)cc(C)c1Br. The standard InChI is InChI=1S/C9H8BrFO2/c1-5-3-6(4-12)8(11)9(13-2)7(5)10/h3-4H,1-2H3. The van der Waals surface area contributed by atoms with Crippen LogP contribution < -0.4 is 4.74 Å². The molecular formula is C9H8BrFO2. The fourth-order valence-corrected chi connectivity index (χ4v) is 1.48. The average molecular weight is 247 g/mol. The lowest BCUT2D eigenvalue weighted by Crippen LogP contribution is -1.97. The molecule has 0 aromatic heterocycles. The predicted octanol–water partition coefficient (Wildman–Crippen LogP) is 2.72. The maximum absolute atomic E-state index is 13.3. The molecule has 0 heterocycles. The number of benzene rings is 1. The van der Waals surface area contributed by atoms with Crippen molar-refractivity contribution < 1.29 is 13.9 Å². The first-order valence-electron chi connectivity index (χ1n) is 3.59. The number of carbonyl (C=O) groups excluding carboxylic acids is 1. The number of halogens is 2. The summed E-state index contributed by atoms with van der Waals surface area (Å²) in [6.45, 7) is 1.76. The third-order valence-corrected chi connectivity index (χ3v) is 2.69. The Morgan fingerprint density at radius 3 is 2.69 bits per heavy atom. The molecule has 0 unspecified atom stereocenters. The molecule has 0 fully saturated rings. The van der Waals surface area contributed by atoms with Gasteiger partial charge in [0, 0.05) is 0 Å². The van der Waals surface area contributed by atoms with E-state index in [-0.39, 0.29) is 11.3 Å². The van der Waals surface area contributed by atoms with Crippen molar-refractivity contribution in [1.29, 1.82) is 0 Å². The number of aldehydes is 1.